The van der Waals surface area contributed by atoms with E-state index >= 15 is 0 Å². The number of hydrogen-bond donors (Lipinski definition) is 0. The van der Waals surface area contributed by atoms with Gasteiger partial charge in [-0.2, -0.15) is 0 Å². The maximum atomic E-state index is 10.7. The maximum absolute atomic E-state index is 10.7. The number of rotatable bonds is 3. The van der Waals surface area contributed by atoms with Crippen molar-refractivity contribution in [3.05, 3.63) is 64.1 Å². The van der Waals surface area contributed by atoms with Gasteiger partial charge in [0, 0.05) is 12.6 Å². The second-order valence-electron chi connectivity index (χ2n) is 4.09. The summed E-state index contributed by atoms with van der Waals surface area (Å²) >= 11 is 1.46. The molecule has 2 aromatic carbocycles. The van der Waals surface area contributed by atoms with Gasteiger partial charge in [0.15, 0.2) is 6.29 Å². The van der Waals surface area contributed by atoms with Gasteiger partial charge < -0.3 is 0 Å². The summed E-state index contributed by atoms with van der Waals surface area (Å²) in [6, 6.07) is 14.6. The van der Waals surface area contributed by atoms with Crippen molar-refractivity contribution in [2.24, 2.45) is 0 Å². The summed E-state index contributed by atoms with van der Waals surface area (Å²) in [6.45, 7) is 0. The Labute approximate surface area is 109 Å². The van der Waals surface area contributed by atoms with E-state index in [0.29, 0.717) is 4.88 Å². The average Bonchev–Trinajstić information content (AvgIpc) is 2.87. The Bertz CT molecular complexity index is 697. The van der Waals surface area contributed by atoms with Gasteiger partial charge in [0.2, 0.25) is 0 Å². The van der Waals surface area contributed by atoms with Crippen molar-refractivity contribution >= 4 is 28.4 Å². The molecule has 0 aliphatic carbocycles. The molecule has 0 amide bonds. The first-order valence-electron chi connectivity index (χ1n) is 5.73. The van der Waals surface area contributed by atoms with Gasteiger partial charge in [-0.05, 0) is 16.3 Å². The zero-order valence-electron chi connectivity index (χ0n) is 9.67. The summed E-state index contributed by atoms with van der Waals surface area (Å²) in [5.41, 5.74) is 1.25. The number of thiazole rings is 1. The van der Waals surface area contributed by atoms with Crippen LogP contribution in [0.1, 0.15) is 20.2 Å². The molecule has 88 valence electrons. The van der Waals surface area contributed by atoms with Gasteiger partial charge in [-0.15, -0.1) is 11.3 Å². The van der Waals surface area contributed by atoms with Gasteiger partial charge in [-0.25, -0.2) is 4.98 Å². The van der Waals surface area contributed by atoms with E-state index < -0.39 is 0 Å². The van der Waals surface area contributed by atoms with Crippen LogP contribution in [0.2, 0.25) is 0 Å². The Morgan fingerprint density at radius 1 is 1.11 bits per heavy atom. The summed E-state index contributed by atoms with van der Waals surface area (Å²) in [5.74, 6) is 0. The molecule has 3 rings (SSSR count). The van der Waals surface area contributed by atoms with E-state index in [4.69, 9.17) is 0 Å². The van der Waals surface area contributed by atoms with E-state index in [1.165, 1.54) is 27.7 Å². The van der Waals surface area contributed by atoms with Gasteiger partial charge in [-0.3, -0.25) is 4.79 Å². The predicted octanol–water partition coefficient (Wildman–Crippen LogP) is 3.70. The van der Waals surface area contributed by atoms with Crippen molar-refractivity contribution in [3.8, 4) is 0 Å². The van der Waals surface area contributed by atoms with Crippen LogP contribution in [0.15, 0.2) is 48.7 Å². The molecule has 0 fully saturated rings. The highest BCUT2D eigenvalue weighted by Crippen LogP contribution is 2.22. The van der Waals surface area contributed by atoms with Crippen molar-refractivity contribution in [1.29, 1.82) is 0 Å². The van der Waals surface area contributed by atoms with Crippen molar-refractivity contribution in [2.45, 2.75) is 6.42 Å². The van der Waals surface area contributed by atoms with Crippen molar-refractivity contribution in [2.75, 3.05) is 0 Å². The molecule has 0 radical (unpaired) electrons. The molecule has 0 aliphatic heterocycles. The van der Waals surface area contributed by atoms with Crippen LogP contribution in [0, 0.1) is 0 Å². The summed E-state index contributed by atoms with van der Waals surface area (Å²) in [6.07, 6.45) is 3.27. The van der Waals surface area contributed by atoms with E-state index in [0.717, 1.165) is 17.7 Å². The third kappa shape index (κ3) is 2.05. The number of benzene rings is 2. The Kier molecular flexibility index (Phi) is 2.90. The number of aldehydes is 1. The van der Waals surface area contributed by atoms with Crippen molar-refractivity contribution < 1.29 is 4.79 Å². The highest BCUT2D eigenvalue weighted by molar-refractivity contribution is 7.13. The lowest BCUT2D eigenvalue weighted by molar-refractivity contribution is 0.112. The summed E-state index contributed by atoms with van der Waals surface area (Å²) in [5, 5.41) is 3.47. The number of fused-ring (bicyclic) bond motifs is 1. The average molecular weight is 253 g/mol. The molecule has 0 N–H and O–H groups in total. The molecule has 0 aliphatic rings. The predicted molar refractivity (Wildman–Crippen MR) is 74.3 cm³/mol. The molecule has 1 aromatic heterocycles. The van der Waals surface area contributed by atoms with Crippen LogP contribution in [0.25, 0.3) is 10.8 Å². The highest BCUT2D eigenvalue weighted by atomic mass is 32.1. The SMILES string of the molecule is O=Cc1cnc(Cc2cccc3ccccc23)s1. The molecule has 0 atom stereocenters. The summed E-state index contributed by atoms with van der Waals surface area (Å²) in [4.78, 5) is 15.6. The molecule has 0 unspecified atom stereocenters. The number of nitrogens with zero attached hydrogens (tertiary/aromatic N) is 1. The monoisotopic (exact) mass is 253 g/mol. The van der Waals surface area contributed by atoms with Gasteiger partial charge >= 0.3 is 0 Å². The molecule has 1 heterocycles. The molecule has 18 heavy (non-hydrogen) atoms. The fourth-order valence-electron chi connectivity index (χ4n) is 2.07. The van der Waals surface area contributed by atoms with E-state index in [1.807, 2.05) is 12.1 Å². The van der Waals surface area contributed by atoms with Crippen LogP contribution in [-0.2, 0) is 6.42 Å². The van der Waals surface area contributed by atoms with E-state index in [9.17, 15) is 4.79 Å². The van der Waals surface area contributed by atoms with E-state index in [1.54, 1.807) is 6.20 Å². The molecule has 3 heteroatoms. The topological polar surface area (TPSA) is 30.0 Å². The third-order valence-corrected chi connectivity index (χ3v) is 3.83. The lowest BCUT2D eigenvalue weighted by atomic mass is 10.0. The van der Waals surface area contributed by atoms with Crippen LogP contribution < -0.4 is 0 Å². The normalized spacial score (nSPS) is 10.7. The molecule has 2 nitrogen and oxygen atoms in total. The van der Waals surface area contributed by atoms with Crippen LogP contribution in [0.3, 0.4) is 0 Å². The van der Waals surface area contributed by atoms with Gasteiger partial charge in [-0.1, -0.05) is 42.5 Å². The van der Waals surface area contributed by atoms with Gasteiger partial charge in [0.1, 0.15) is 0 Å². The van der Waals surface area contributed by atoms with E-state index in [2.05, 4.69) is 35.3 Å². The molecule has 0 saturated carbocycles. The number of aromatic nitrogens is 1. The number of carbonyl (C=O) groups excluding carboxylic acids is 1. The quantitative estimate of drug-likeness (QED) is 0.666. The Hall–Kier alpha value is -2.00. The van der Waals surface area contributed by atoms with E-state index in [-0.39, 0.29) is 0 Å². The standard InChI is InChI=1S/C15H11NOS/c17-10-13-9-16-15(18-13)8-12-6-3-5-11-4-1-2-7-14(11)12/h1-7,9-10H,8H2. The lowest BCUT2D eigenvalue weighted by Gasteiger charge is -2.04. The molecule has 3 aromatic rings. The minimum atomic E-state index is 0.685. The van der Waals surface area contributed by atoms with Crippen molar-refractivity contribution in [1.82, 2.24) is 4.98 Å². The van der Waals surface area contributed by atoms with Crippen LogP contribution in [0.5, 0.6) is 0 Å². The largest absolute Gasteiger partial charge is 0.297 e. The maximum Gasteiger partial charge on any atom is 0.161 e. The first kappa shape index (κ1) is 11.1. The van der Waals surface area contributed by atoms with Gasteiger partial charge in [0.25, 0.3) is 0 Å². The molecular weight excluding hydrogens is 242 g/mol. The minimum absolute atomic E-state index is 0.685. The van der Waals surface area contributed by atoms with Gasteiger partial charge in [0.05, 0.1) is 9.88 Å². The molecular formula is C15H11NOS. The lowest BCUT2D eigenvalue weighted by Crippen LogP contribution is -1.88. The Morgan fingerprint density at radius 2 is 1.94 bits per heavy atom. The zero-order valence-corrected chi connectivity index (χ0v) is 10.5. The number of hydrogen-bond acceptors (Lipinski definition) is 3. The van der Waals surface area contributed by atoms with Crippen molar-refractivity contribution in [3.63, 3.8) is 0 Å². The van der Waals surface area contributed by atoms with Crippen LogP contribution in [0.4, 0.5) is 0 Å². The minimum Gasteiger partial charge on any atom is -0.297 e. The highest BCUT2D eigenvalue weighted by Gasteiger charge is 2.05. The summed E-state index contributed by atoms with van der Waals surface area (Å²) < 4.78 is 0. The summed E-state index contributed by atoms with van der Waals surface area (Å²) in [7, 11) is 0. The third-order valence-electron chi connectivity index (χ3n) is 2.91. The van der Waals surface area contributed by atoms with Crippen LogP contribution >= 0.6 is 11.3 Å². The molecule has 0 spiro atoms. The fourth-order valence-corrected chi connectivity index (χ4v) is 2.83. The smallest absolute Gasteiger partial charge is 0.161 e. The molecule has 0 saturated heterocycles. The first-order chi connectivity index (χ1) is 8.86. The molecule has 0 bridgehead atoms. The fraction of sp³-hybridized carbons (Fsp3) is 0.0667. The van der Waals surface area contributed by atoms with Crippen LogP contribution in [-0.4, -0.2) is 11.3 Å². The second-order valence-corrected chi connectivity index (χ2v) is 5.24. The number of carbonyl (C=O) groups is 1. The first-order valence-corrected chi connectivity index (χ1v) is 6.55. The second kappa shape index (κ2) is 4.70. The Balaban J connectivity index is 2.01. The Morgan fingerprint density at radius 3 is 2.78 bits per heavy atom. The zero-order chi connectivity index (χ0) is 12.4.